The molecule has 4 rings (SSSR count). The van der Waals surface area contributed by atoms with Crippen molar-refractivity contribution in [2.75, 3.05) is 7.05 Å². The number of hydrogen-bond acceptors (Lipinski definition) is 7. The zero-order chi connectivity index (χ0) is 23.9. The van der Waals surface area contributed by atoms with Gasteiger partial charge in [-0.05, 0) is 87.6 Å². The lowest BCUT2D eigenvalue weighted by atomic mass is 9.58. The topological polar surface area (TPSA) is 76.1 Å². The summed E-state index contributed by atoms with van der Waals surface area (Å²) < 4.78 is 11.3. The smallest absolute Gasteiger partial charge is 0.410 e. The largest absolute Gasteiger partial charge is 0.460 e. The van der Waals surface area contributed by atoms with Gasteiger partial charge in [-0.25, -0.2) is 9.59 Å². The second kappa shape index (κ2) is 9.04. The van der Waals surface area contributed by atoms with Crippen molar-refractivity contribution in [3.63, 3.8) is 0 Å². The van der Waals surface area contributed by atoms with Gasteiger partial charge in [-0.2, -0.15) is 0 Å². The Hall–Kier alpha value is -1.90. The number of aliphatic hydroxyl groups is 1. The number of esters is 1. The maximum atomic E-state index is 13.1. The number of rotatable bonds is 5. The van der Waals surface area contributed by atoms with Crippen molar-refractivity contribution in [3.05, 3.63) is 44.8 Å². The van der Waals surface area contributed by atoms with Crippen LogP contribution in [0.1, 0.15) is 69.1 Å². The number of hydrogen-bond donors (Lipinski definition) is 1. The minimum absolute atomic E-state index is 0.167. The van der Waals surface area contributed by atoms with Crippen LogP contribution in [0, 0.1) is 5.41 Å². The van der Waals surface area contributed by atoms with E-state index < -0.39 is 17.2 Å². The Bertz CT molecular complexity index is 913. The molecule has 2 fully saturated rings. The summed E-state index contributed by atoms with van der Waals surface area (Å²) in [4.78, 5) is 28.4. The van der Waals surface area contributed by atoms with Gasteiger partial charge in [0.1, 0.15) is 11.7 Å². The molecule has 0 aliphatic heterocycles. The van der Waals surface area contributed by atoms with Crippen LogP contribution in [-0.4, -0.2) is 46.9 Å². The third-order valence-corrected chi connectivity index (χ3v) is 8.85. The predicted octanol–water partition coefficient (Wildman–Crippen LogP) is 5.55. The Balaban J connectivity index is 1.32. The van der Waals surface area contributed by atoms with E-state index in [1.807, 2.05) is 50.7 Å². The van der Waals surface area contributed by atoms with Gasteiger partial charge in [-0.3, -0.25) is 0 Å². The lowest BCUT2D eigenvalue weighted by molar-refractivity contribution is -0.181. The maximum absolute atomic E-state index is 13.1. The molecular formula is C25H33NO5S2. The third kappa shape index (κ3) is 4.98. The minimum Gasteiger partial charge on any atom is -0.460 e. The van der Waals surface area contributed by atoms with Gasteiger partial charge in [-0.1, -0.05) is 12.1 Å². The van der Waals surface area contributed by atoms with E-state index in [4.69, 9.17) is 9.47 Å². The number of carbonyl (C=O) groups excluding carboxylic acids is 2. The molecule has 33 heavy (non-hydrogen) atoms. The number of ether oxygens (including phenoxy) is 2. The van der Waals surface area contributed by atoms with Crippen LogP contribution in [0.2, 0.25) is 0 Å². The highest BCUT2D eigenvalue weighted by Gasteiger charge is 2.51. The first-order valence-electron chi connectivity index (χ1n) is 11.5. The summed E-state index contributed by atoms with van der Waals surface area (Å²) in [6, 6.07) is 7.38. The van der Waals surface area contributed by atoms with E-state index in [2.05, 4.69) is 0 Å². The van der Waals surface area contributed by atoms with E-state index in [0.717, 1.165) is 38.5 Å². The number of thiophene rings is 2. The zero-order valence-electron chi connectivity index (χ0n) is 19.7. The molecule has 1 N–H and O–H groups in total. The second-order valence-electron chi connectivity index (χ2n) is 10.4. The molecule has 2 aromatic heterocycles. The Morgan fingerprint density at radius 2 is 1.61 bits per heavy atom. The number of amides is 1. The van der Waals surface area contributed by atoms with E-state index in [1.165, 1.54) is 22.7 Å². The molecule has 6 nitrogen and oxygen atoms in total. The maximum Gasteiger partial charge on any atom is 0.410 e. The van der Waals surface area contributed by atoms with Crippen LogP contribution in [0.25, 0.3) is 0 Å². The summed E-state index contributed by atoms with van der Waals surface area (Å²) in [5, 5.41) is 15.1. The molecular weight excluding hydrogens is 458 g/mol. The van der Waals surface area contributed by atoms with Crippen LogP contribution in [0.3, 0.4) is 0 Å². The molecule has 0 radical (unpaired) electrons. The summed E-state index contributed by atoms with van der Waals surface area (Å²) in [6.07, 6.45) is 5.02. The van der Waals surface area contributed by atoms with E-state index in [0.29, 0.717) is 9.75 Å². The SMILES string of the molecule is CN(C(=O)OC(C)(C)C)C1CCC2(CC1)CC(OC(=O)C(O)(c1cccs1)c1cccs1)C2. The zero-order valence-corrected chi connectivity index (χ0v) is 21.3. The summed E-state index contributed by atoms with van der Waals surface area (Å²) in [6.45, 7) is 5.63. The fraction of sp³-hybridized carbons (Fsp3) is 0.600. The molecule has 0 unspecified atom stereocenters. The molecule has 180 valence electrons. The molecule has 0 aromatic carbocycles. The van der Waals surface area contributed by atoms with Gasteiger partial charge in [0.05, 0.1) is 9.75 Å². The molecule has 1 amide bonds. The van der Waals surface area contributed by atoms with E-state index >= 15 is 0 Å². The predicted molar refractivity (Wildman–Crippen MR) is 129 cm³/mol. The summed E-state index contributed by atoms with van der Waals surface area (Å²) >= 11 is 2.71. The highest BCUT2D eigenvalue weighted by molar-refractivity contribution is 7.12. The molecule has 2 heterocycles. The van der Waals surface area contributed by atoms with Crippen LogP contribution < -0.4 is 0 Å². The molecule has 0 saturated heterocycles. The minimum atomic E-state index is -1.75. The first-order valence-corrected chi connectivity index (χ1v) is 13.3. The lowest BCUT2D eigenvalue weighted by Crippen LogP contribution is -2.51. The van der Waals surface area contributed by atoms with Crippen molar-refractivity contribution in [2.45, 2.75) is 82.6 Å². The van der Waals surface area contributed by atoms with Crippen LogP contribution in [0.15, 0.2) is 35.0 Å². The average Bonchev–Trinajstić information content (AvgIpc) is 3.45. The highest BCUT2D eigenvalue weighted by atomic mass is 32.1. The van der Waals surface area contributed by atoms with Crippen molar-refractivity contribution in [2.24, 2.45) is 5.41 Å². The van der Waals surface area contributed by atoms with Crippen LogP contribution >= 0.6 is 22.7 Å². The third-order valence-electron chi connectivity index (χ3n) is 6.89. The average molecular weight is 492 g/mol. The van der Waals surface area contributed by atoms with Crippen LogP contribution in [-0.2, 0) is 19.9 Å². The Labute approximate surface area is 203 Å². The van der Waals surface area contributed by atoms with Gasteiger partial charge < -0.3 is 19.5 Å². The van der Waals surface area contributed by atoms with Gasteiger partial charge in [0.15, 0.2) is 0 Å². The monoisotopic (exact) mass is 491 g/mol. The Morgan fingerprint density at radius 3 is 2.06 bits per heavy atom. The van der Waals surface area contributed by atoms with Crippen molar-refractivity contribution in [1.29, 1.82) is 0 Å². The number of carbonyl (C=O) groups is 2. The van der Waals surface area contributed by atoms with Crippen molar-refractivity contribution < 1.29 is 24.2 Å². The second-order valence-corrected chi connectivity index (χ2v) is 12.3. The summed E-state index contributed by atoms with van der Waals surface area (Å²) in [7, 11) is 1.82. The van der Waals surface area contributed by atoms with Crippen LogP contribution in [0.5, 0.6) is 0 Å². The molecule has 8 heteroatoms. The fourth-order valence-corrected chi connectivity index (χ4v) is 6.73. The molecule has 1 spiro atoms. The van der Waals surface area contributed by atoms with Crippen molar-refractivity contribution >= 4 is 34.7 Å². The Morgan fingerprint density at radius 1 is 1.06 bits per heavy atom. The van der Waals surface area contributed by atoms with Crippen LogP contribution in [0.4, 0.5) is 4.79 Å². The molecule has 2 aliphatic carbocycles. The van der Waals surface area contributed by atoms with Crippen molar-refractivity contribution in [3.8, 4) is 0 Å². The first kappa shape index (κ1) is 24.2. The highest BCUT2D eigenvalue weighted by Crippen LogP contribution is 2.54. The standard InChI is InChI=1S/C25H33NO5S2/c1-23(2,3)31-22(28)26(4)17-9-11-24(12-10-17)15-18(16-24)30-21(27)25(29,19-7-5-13-32-19)20-8-6-14-33-20/h5-8,13-14,17-18,29H,9-12,15-16H2,1-4H3. The molecule has 0 bridgehead atoms. The molecule has 2 saturated carbocycles. The first-order chi connectivity index (χ1) is 15.5. The lowest BCUT2D eigenvalue weighted by Gasteiger charge is -2.52. The van der Waals surface area contributed by atoms with Gasteiger partial charge in [0, 0.05) is 13.1 Å². The van der Waals surface area contributed by atoms with E-state index in [1.54, 1.807) is 17.0 Å². The summed E-state index contributed by atoms with van der Waals surface area (Å²) in [5.74, 6) is -0.592. The quantitative estimate of drug-likeness (QED) is 0.555. The molecule has 0 atom stereocenters. The molecule has 2 aromatic rings. The van der Waals surface area contributed by atoms with Crippen molar-refractivity contribution in [1.82, 2.24) is 4.90 Å². The Kier molecular flexibility index (Phi) is 6.64. The normalized spacial score (nSPS) is 25.4. The number of nitrogens with zero attached hydrogens (tertiary/aromatic N) is 1. The van der Waals surface area contributed by atoms with Gasteiger partial charge in [0.2, 0.25) is 5.60 Å². The van der Waals surface area contributed by atoms with Gasteiger partial charge >= 0.3 is 12.1 Å². The fourth-order valence-electron chi connectivity index (χ4n) is 5.01. The van der Waals surface area contributed by atoms with Gasteiger partial charge in [-0.15, -0.1) is 22.7 Å². The van der Waals surface area contributed by atoms with E-state index in [9.17, 15) is 14.7 Å². The molecule has 2 aliphatic rings. The van der Waals surface area contributed by atoms with Gasteiger partial charge in [0.25, 0.3) is 0 Å². The summed E-state index contributed by atoms with van der Waals surface area (Å²) in [5.41, 5.74) is -2.08. The van der Waals surface area contributed by atoms with E-state index in [-0.39, 0.29) is 23.7 Å².